The van der Waals surface area contributed by atoms with Crippen molar-refractivity contribution < 1.29 is 22.7 Å². The van der Waals surface area contributed by atoms with Gasteiger partial charge in [0.05, 0.1) is 29.2 Å². The molecule has 2 aromatic rings. The maximum Gasteiger partial charge on any atom is 0.267 e. The van der Waals surface area contributed by atoms with Crippen LogP contribution in [0.4, 0.5) is 11.4 Å². The van der Waals surface area contributed by atoms with Gasteiger partial charge in [0, 0.05) is 6.54 Å². The highest BCUT2D eigenvalue weighted by molar-refractivity contribution is 7.92. The van der Waals surface area contributed by atoms with Gasteiger partial charge in [0.1, 0.15) is 5.75 Å². The fraction of sp³-hybridized carbons (Fsp3) is 0.364. The van der Waals surface area contributed by atoms with Crippen molar-refractivity contribution in [2.24, 2.45) is 0 Å². The molecule has 2 aromatic carbocycles. The van der Waals surface area contributed by atoms with Crippen molar-refractivity contribution in [3.05, 3.63) is 54.1 Å². The number of nitrogens with zero attached hydrogens (tertiary/aromatic N) is 1. The van der Waals surface area contributed by atoms with E-state index in [0.29, 0.717) is 29.2 Å². The van der Waals surface area contributed by atoms with Gasteiger partial charge in [0.25, 0.3) is 11.8 Å². The number of sulfonamides is 1. The number of carbonyl (C=O) groups excluding carboxylic acids is 2. The average molecular weight is 446 g/mol. The van der Waals surface area contributed by atoms with Gasteiger partial charge in [0.2, 0.25) is 10.0 Å². The molecule has 0 saturated heterocycles. The molecule has 1 aliphatic rings. The highest BCUT2D eigenvalue weighted by atomic mass is 32.2. The van der Waals surface area contributed by atoms with E-state index in [4.69, 9.17) is 4.74 Å². The van der Waals surface area contributed by atoms with Crippen LogP contribution in [0.3, 0.4) is 0 Å². The third-order valence-corrected chi connectivity index (χ3v) is 6.72. The van der Waals surface area contributed by atoms with E-state index in [1.807, 2.05) is 6.92 Å². The molecular formula is C22H27N3O5S. The van der Waals surface area contributed by atoms with Crippen LogP contribution in [0.1, 0.15) is 37.0 Å². The first-order chi connectivity index (χ1) is 14.9. The van der Waals surface area contributed by atoms with Crippen molar-refractivity contribution in [3.63, 3.8) is 0 Å². The Morgan fingerprint density at radius 2 is 1.81 bits per heavy atom. The van der Waals surface area contributed by atoms with Crippen LogP contribution in [0.15, 0.2) is 48.5 Å². The average Bonchev–Trinajstić information content (AvgIpc) is 2.78. The van der Waals surface area contributed by atoms with Crippen LogP contribution in [0.5, 0.6) is 5.75 Å². The SMILES string of the molecule is CCCCNC(=O)c1ccccc1NC(=O)[C@H]1CN(S(=O)(=O)CC)c2ccccc2O1. The number of para-hydroxylation sites is 3. The van der Waals surface area contributed by atoms with Gasteiger partial charge in [-0.25, -0.2) is 8.42 Å². The van der Waals surface area contributed by atoms with Crippen molar-refractivity contribution in [2.75, 3.05) is 28.5 Å². The monoisotopic (exact) mass is 445 g/mol. The molecule has 0 fully saturated rings. The smallest absolute Gasteiger partial charge is 0.267 e. The number of nitrogens with one attached hydrogen (secondary N) is 2. The van der Waals surface area contributed by atoms with E-state index in [0.717, 1.165) is 12.8 Å². The van der Waals surface area contributed by atoms with Crippen LogP contribution >= 0.6 is 0 Å². The van der Waals surface area contributed by atoms with Crippen LogP contribution < -0.4 is 19.7 Å². The second-order valence-corrected chi connectivity index (χ2v) is 9.33. The Morgan fingerprint density at radius 1 is 1.10 bits per heavy atom. The molecule has 8 nitrogen and oxygen atoms in total. The second kappa shape index (κ2) is 9.82. The lowest BCUT2D eigenvalue weighted by Crippen LogP contribution is -2.49. The van der Waals surface area contributed by atoms with Crippen LogP contribution in [0.2, 0.25) is 0 Å². The number of carbonyl (C=O) groups is 2. The molecule has 1 heterocycles. The number of rotatable bonds is 8. The molecule has 166 valence electrons. The number of fused-ring (bicyclic) bond motifs is 1. The van der Waals surface area contributed by atoms with Crippen LogP contribution in [-0.4, -0.2) is 45.2 Å². The standard InChI is InChI=1S/C22H27N3O5S/c1-3-5-14-23-21(26)16-10-6-7-11-17(16)24-22(27)20-15-25(31(28,29)4-2)18-12-8-9-13-19(18)30-20/h6-13,20H,3-5,14-15H2,1-2H3,(H,23,26)(H,24,27)/t20-/m1/s1. The summed E-state index contributed by atoms with van der Waals surface area (Å²) >= 11 is 0. The minimum absolute atomic E-state index is 0.101. The Kier molecular flexibility index (Phi) is 7.17. The minimum Gasteiger partial charge on any atom is -0.476 e. The summed E-state index contributed by atoms with van der Waals surface area (Å²) in [5.74, 6) is -0.596. The first-order valence-corrected chi connectivity index (χ1v) is 11.9. The van der Waals surface area contributed by atoms with Gasteiger partial charge in [-0.15, -0.1) is 0 Å². The Bertz CT molecular complexity index is 1050. The summed E-state index contributed by atoms with van der Waals surface area (Å²) in [6.07, 6.45) is 0.751. The van der Waals surface area contributed by atoms with E-state index in [1.54, 1.807) is 55.5 Å². The summed E-state index contributed by atoms with van der Waals surface area (Å²) in [5.41, 5.74) is 1.08. The number of anilines is 2. The molecule has 0 aliphatic carbocycles. The van der Waals surface area contributed by atoms with Gasteiger partial charge in [-0.05, 0) is 37.6 Å². The zero-order valence-electron chi connectivity index (χ0n) is 17.6. The Morgan fingerprint density at radius 3 is 2.55 bits per heavy atom. The van der Waals surface area contributed by atoms with E-state index in [9.17, 15) is 18.0 Å². The zero-order chi connectivity index (χ0) is 22.4. The molecule has 0 aromatic heterocycles. The number of benzene rings is 2. The fourth-order valence-corrected chi connectivity index (χ4v) is 4.36. The van der Waals surface area contributed by atoms with E-state index < -0.39 is 22.0 Å². The first-order valence-electron chi connectivity index (χ1n) is 10.3. The molecule has 0 bridgehead atoms. The highest BCUT2D eigenvalue weighted by Gasteiger charge is 2.36. The van der Waals surface area contributed by atoms with Gasteiger partial charge in [-0.3, -0.25) is 13.9 Å². The molecule has 0 radical (unpaired) electrons. The second-order valence-electron chi connectivity index (χ2n) is 7.15. The van der Waals surface area contributed by atoms with Crippen molar-refractivity contribution in [1.82, 2.24) is 5.32 Å². The topological polar surface area (TPSA) is 105 Å². The van der Waals surface area contributed by atoms with Gasteiger partial charge < -0.3 is 15.4 Å². The molecule has 3 rings (SSSR count). The third-order valence-electron chi connectivity index (χ3n) is 4.97. The van der Waals surface area contributed by atoms with Crippen LogP contribution in [-0.2, 0) is 14.8 Å². The van der Waals surface area contributed by atoms with E-state index in [2.05, 4.69) is 10.6 Å². The highest BCUT2D eigenvalue weighted by Crippen LogP contribution is 2.35. The number of amides is 2. The zero-order valence-corrected chi connectivity index (χ0v) is 18.4. The van der Waals surface area contributed by atoms with Gasteiger partial charge in [-0.1, -0.05) is 37.6 Å². The molecule has 2 amide bonds. The van der Waals surface area contributed by atoms with Gasteiger partial charge >= 0.3 is 0 Å². The Labute approximate surface area is 182 Å². The number of unbranched alkanes of at least 4 members (excludes halogenated alkanes) is 1. The number of hydrogen-bond donors (Lipinski definition) is 2. The normalized spacial score (nSPS) is 15.5. The molecule has 31 heavy (non-hydrogen) atoms. The summed E-state index contributed by atoms with van der Waals surface area (Å²) in [6.45, 7) is 3.98. The quantitative estimate of drug-likeness (QED) is 0.608. The summed E-state index contributed by atoms with van der Waals surface area (Å²) in [5, 5.41) is 5.56. The van der Waals surface area contributed by atoms with Crippen molar-refractivity contribution in [2.45, 2.75) is 32.8 Å². The Hall–Kier alpha value is -3.07. The number of hydrogen-bond acceptors (Lipinski definition) is 5. The predicted octanol–water partition coefficient (Wildman–Crippen LogP) is 2.77. The minimum atomic E-state index is -3.60. The maximum atomic E-state index is 13.0. The summed E-state index contributed by atoms with van der Waals surface area (Å²) in [6, 6.07) is 13.4. The lowest BCUT2D eigenvalue weighted by molar-refractivity contribution is -0.122. The van der Waals surface area contributed by atoms with E-state index in [1.165, 1.54) is 4.31 Å². The van der Waals surface area contributed by atoms with Gasteiger partial charge in [-0.2, -0.15) is 0 Å². The lowest BCUT2D eigenvalue weighted by Gasteiger charge is -2.34. The summed E-state index contributed by atoms with van der Waals surface area (Å²) in [4.78, 5) is 25.5. The fourth-order valence-electron chi connectivity index (χ4n) is 3.24. The predicted molar refractivity (Wildman–Crippen MR) is 120 cm³/mol. The van der Waals surface area contributed by atoms with Crippen molar-refractivity contribution >= 4 is 33.2 Å². The molecule has 0 spiro atoms. The Balaban J connectivity index is 1.81. The molecule has 2 N–H and O–H groups in total. The number of ether oxygens (including phenoxy) is 1. The molecule has 0 unspecified atom stereocenters. The summed E-state index contributed by atoms with van der Waals surface area (Å²) < 4.78 is 32.2. The van der Waals surface area contributed by atoms with E-state index in [-0.39, 0.29) is 18.2 Å². The lowest BCUT2D eigenvalue weighted by atomic mass is 10.1. The third kappa shape index (κ3) is 5.16. The molecule has 1 atom stereocenters. The van der Waals surface area contributed by atoms with E-state index >= 15 is 0 Å². The van der Waals surface area contributed by atoms with Crippen molar-refractivity contribution in [3.8, 4) is 5.75 Å². The molecular weight excluding hydrogens is 418 g/mol. The maximum absolute atomic E-state index is 13.0. The molecule has 1 aliphatic heterocycles. The molecule has 9 heteroatoms. The van der Waals surface area contributed by atoms with Crippen LogP contribution in [0.25, 0.3) is 0 Å². The largest absolute Gasteiger partial charge is 0.476 e. The molecule has 0 saturated carbocycles. The summed E-state index contributed by atoms with van der Waals surface area (Å²) in [7, 11) is -3.60. The van der Waals surface area contributed by atoms with Crippen molar-refractivity contribution in [1.29, 1.82) is 0 Å². The van der Waals surface area contributed by atoms with Gasteiger partial charge in [0.15, 0.2) is 6.10 Å². The van der Waals surface area contributed by atoms with Crippen LogP contribution in [0, 0.1) is 0 Å². The first kappa shape index (κ1) is 22.6.